The maximum atomic E-state index is 11.8. The van der Waals surface area contributed by atoms with Crippen LogP contribution in [-0.2, 0) is 14.0 Å². The Kier molecular flexibility index (Phi) is 2.98. The highest BCUT2D eigenvalue weighted by atomic mass is 28.4. The van der Waals surface area contributed by atoms with Crippen LogP contribution in [-0.4, -0.2) is 26.5 Å². The molecule has 2 rings (SSSR count). The Morgan fingerprint density at radius 3 is 2.65 bits per heavy atom. The van der Waals surface area contributed by atoms with Gasteiger partial charge in [0.1, 0.15) is 6.10 Å². The predicted octanol–water partition coefficient (Wildman–Crippen LogP) is 2.88. The van der Waals surface area contributed by atoms with E-state index in [1.54, 1.807) is 0 Å². The lowest BCUT2D eigenvalue weighted by molar-refractivity contribution is -0.145. The molecule has 1 fully saturated rings. The van der Waals surface area contributed by atoms with E-state index in [-0.39, 0.29) is 29.1 Å². The summed E-state index contributed by atoms with van der Waals surface area (Å²) in [5.74, 6) is 0.0331. The van der Waals surface area contributed by atoms with Gasteiger partial charge in [0.15, 0.2) is 14.4 Å². The summed E-state index contributed by atoms with van der Waals surface area (Å²) in [6.45, 7) is 10.9. The van der Waals surface area contributed by atoms with E-state index in [2.05, 4.69) is 39.9 Å². The number of rotatable bonds is 2. The maximum absolute atomic E-state index is 11.8. The summed E-state index contributed by atoms with van der Waals surface area (Å²) in [5.41, 5.74) is 0. The van der Waals surface area contributed by atoms with E-state index in [1.165, 1.54) is 0 Å². The minimum absolute atomic E-state index is 0.0442. The van der Waals surface area contributed by atoms with E-state index in [0.717, 1.165) is 6.42 Å². The molecule has 4 heteroatoms. The van der Waals surface area contributed by atoms with Gasteiger partial charge in [-0.3, -0.25) is 0 Å². The van der Waals surface area contributed by atoms with E-state index in [4.69, 9.17) is 9.16 Å². The largest absolute Gasteiger partial charge is 0.456 e. The quantitative estimate of drug-likeness (QED) is 0.432. The van der Waals surface area contributed by atoms with E-state index >= 15 is 0 Å². The Morgan fingerprint density at radius 1 is 1.41 bits per heavy atom. The zero-order chi connectivity index (χ0) is 12.8. The third-order valence-corrected chi connectivity index (χ3v) is 8.71. The lowest BCUT2D eigenvalue weighted by atomic mass is 10.0. The third kappa shape index (κ3) is 2.20. The molecule has 0 aromatic rings. The summed E-state index contributed by atoms with van der Waals surface area (Å²) in [4.78, 5) is 11.8. The van der Waals surface area contributed by atoms with Gasteiger partial charge in [-0.25, -0.2) is 4.79 Å². The van der Waals surface area contributed by atoms with Crippen LogP contribution < -0.4 is 0 Å². The molecule has 96 valence electrons. The van der Waals surface area contributed by atoms with Crippen LogP contribution in [0.15, 0.2) is 12.2 Å². The van der Waals surface area contributed by atoms with Crippen LogP contribution in [0, 0.1) is 5.92 Å². The molecule has 3 nitrogen and oxygen atoms in total. The Balaban J connectivity index is 2.11. The van der Waals surface area contributed by atoms with Gasteiger partial charge in [-0.2, -0.15) is 0 Å². The highest BCUT2D eigenvalue weighted by molar-refractivity contribution is 6.74. The molecule has 0 aromatic heterocycles. The zero-order valence-corrected chi connectivity index (χ0v) is 12.3. The first-order valence-corrected chi connectivity index (χ1v) is 9.18. The molecule has 17 heavy (non-hydrogen) atoms. The van der Waals surface area contributed by atoms with Gasteiger partial charge < -0.3 is 9.16 Å². The topological polar surface area (TPSA) is 35.5 Å². The normalized spacial score (nSPS) is 32.8. The molecule has 0 saturated carbocycles. The fraction of sp³-hybridized carbons (Fsp3) is 0.769. The van der Waals surface area contributed by atoms with Gasteiger partial charge in [0, 0.05) is 5.92 Å². The van der Waals surface area contributed by atoms with Gasteiger partial charge in [0.2, 0.25) is 0 Å². The van der Waals surface area contributed by atoms with E-state index in [9.17, 15) is 4.79 Å². The molecule has 0 bridgehead atoms. The number of hydrogen-bond acceptors (Lipinski definition) is 3. The number of carbonyl (C=O) groups excluding carboxylic acids is 1. The molecule has 1 aliphatic carbocycles. The summed E-state index contributed by atoms with van der Waals surface area (Å²) in [7, 11) is -1.90. The van der Waals surface area contributed by atoms with Gasteiger partial charge in [-0.15, -0.1) is 0 Å². The van der Waals surface area contributed by atoms with E-state index in [0.29, 0.717) is 0 Å². The molecule has 3 atom stereocenters. The standard InChI is InChI=1S/C13H22O3Si/c1-13(2,3)17(4,5)16-11-9-7-6-8-10(9)15-12(11)14/h6,8-11H,7H2,1-5H3/t9-,10+,11+/m1/s1. The molecular formula is C13H22O3Si. The summed E-state index contributed by atoms with van der Waals surface area (Å²) in [6, 6.07) is 0. The molecule has 0 aromatic carbocycles. The van der Waals surface area contributed by atoms with Gasteiger partial charge >= 0.3 is 5.97 Å². The smallest absolute Gasteiger partial charge is 0.335 e. The van der Waals surface area contributed by atoms with Crippen molar-refractivity contribution < 1.29 is 14.0 Å². The van der Waals surface area contributed by atoms with Crippen molar-refractivity contribution in [1.29, 1.82) is 0 Å². The number of fused-ring (bicyclic) bond motifs is 1. The van der Waals surface area contributed by atoms with Crippen molar-refractivity contribution in [3.8, 4) is 0 Å². The van der Waals surface area contributed by atoms with Crippen molar-refractivity contribution >= 4 is 14.3 Å². The number of hydrogen-bond donors (Lipinski definition) is 0. The predicted molar refractivity (Wildman–Crippen MR) is 69.2 cm³/mol. The Morgan fingerprint density at radius 2 is 2.06 bits per heavy atom. The molecule has 1 heterocycles. The van der Waals surface area contributed by atoms with Crippen LogP contribution in [0.25, 0.3) is 0 Å². The molecule has 1 saturated heterocycles. The van der Waals surface area contributed by atoms with Crippen LogP contribution in [0.1, 0.15) is 27.2 Å². The second kappa shape index (κ2) is 3.95. The fourth-order valence-electron chi connectivity index (χ4n) is 2.07. The number of allylic oxidation sites excluding steroid dienone is 1. The molecule has 1 aliphatic heterocycles. The van der Waals surface area contributed by atoms with Crippen LogP contribution in [0.3, 0.4) is 0 Å². The average molecular weight is 254 g/mol. The Hall–Kier alpha value is -0.613. The van der Waals surface area contributed by atoms with Gasteiger partial charge in [0.25, 0.3) is 0 Å². The van der Waals surface area contributed by atoms with Crippen LogP contribution in [0.2, 0.25) is 18.1 Å². The summed E-state index contributed by atoms with van der Waals surface area (Å²) < 4.78 is 11.5. The summed E-state index contributed by atoms with van der Waals surface area (Å²) >= 11 is 0. The first-order valence-electron chi connectivity index (χ1n) is 6.27. The van der Waals surface area contributed by atoms with Crippen LogP contribution in [0.5, 0.6) is 0 Å². The summed E-state index contributed by atoms with van der Waals surface area (Å²) in [5, 5.41) is 0.122. The molecule has 0 radical (unpaired) electrons. The van der Waals surface area contributed by atoms with Crippen molar-refractivity contribution in [3.63, 3.8) is 0 Å². The zero-order valence-electron chi connectivity index (χ0n) is 11.3. The average Bonchev–Trinajstić information content (AvgIpc) is 2.68. The summed E-state index contributed by atoms with van der Waals surface area (Å²) in [6.07, 6.45) is 4.57. The minimum atomic E-state index is -1.90. The maximum Gasteiger partial charge on any atom is 0.335 e. The number of esters is 1. The van der Waals surface area contributed by atoms with Crippen molar-refractivity contribution in [3.05, 3.63) is 12.2 Å². The monoisotopic (exact) mass is 254 g/mol. The minimum Gasteiger partial charge on any atom is -0.456 e. The Bertz CT molecular complexity index is 354. The SMILES string of the molecule is CC(C)(C)[Si](C)(C)O[C@@H]1C(=O)O[C@H]2C=CC[C@H]21. The van der Waals surface area contributed by atoms with Crippen LogP contribution >= 0.6 is 0 Å². The van der Waals surface area contributed by atoms with Gasteiger partial charge in [0.05, 0.1) is 0 Å². The first kappa shape index (κ1) is 12.8. The van der Waals surface area contributed by atoms with Crippen molar-refractivity contribution in [2.75, 3.05) is 0 Å². The van der Waals surface area contributed by atoms with Crippen molar-refractivity contribution in [2.24, 2.45) is 5.92 Å². The second-order valence-electron chi connectivity index (χ2n) is 6.53. The first-order chi connectivity index (χ1) is 7.72. The number of carbonyl (C=O) groups is 1. The van der Waals surface area contributed by atoms with Crippen molar-refractivity contribution in [1.82, 2.24) is 0 Å². The van der Waals surface area contributed by atoms with E-state index < -0.39 is 8.32 Å². The van der Waals surface area contributed by atoms with Crippen LogP contribution in [0.4, 0.5) is 0 Å². The molecule has 0 N–H and O–H groups in total. The molecule has 0 unspecified atom stereocenters. The highest BCUT2D eigenvalue weighted by Gasteiger charge is 2.50. The van der Waals surface area contributed by atoms with Crippen molar-refractivity contribution in [2.45, 2.75) is 57.5 Å². The van der Waals surface area contributed by atoms with Gasteiger partial charge in [-0.1, -0.05) is 26.8 Å². The lowest BCUT2D eigenvalue weighted by Crippen LogP contribution is -2.46. The molecule has 2 aliphatic rings. The Labute approximate surface area is 104 Å². The lowest BCUT2D eigenvalue weighted by Gasteiger charge is -2.38. The third-order valence-electron chi connectivity index (χ3n) is 4.26. The second-order valence-corrected chi connectivity index (χ2v) is 11.3. The van der Waals surface area contributed by atoms with E-state index in [1.807, 2.05) is 6.08 Å². The highest BCUT2D eigenvalue weighted by Crippen LogP contribution is 2.41. The molecule has 0 amide bonds. The molecular weight excluding hydrogens is 232 g/mol. The fourth-order valence-corrected chi connectivity index (χ4v) is 3.33. The molecule has 0 spiro atoms. The number of ether oxygens (including phenoxy) is 1. The van der Waals surface area contributed by atoms with Gasteiger partial charge in [-0.05, 0) is 30.6 Å².